The molecule has 1 saturated heterocycles. The zero-order valence-electron chi connectivity index (χ0n) is 12.9. The van der Waals surface area contributed by atoms with Gasteiger partial charge in [-0.05, 0) is 30.5 Å². The third-order valence-electron chi connectivity index (χ3n) is 3.42. The van der Waals surface area contributed by atoms with Gasteiger partial charge in [0, 0.05) is 25.4 Å². The van der Waals surface area contributed by atoms with Crippen LogP contribution < -0.4 is 4.84 Å². The Morgan fingerprint density at radius 1 is 1.41 bits per heavy atom. The van der Waals surface area contributed by atoms with Crippen molar-refractivity contribution in [2.75, 3.05) is 32.7 Å². The molecule has 1 aliphatic rings. The number of rotatable bonds is 6. The lowest BCUT2D eigenvalue weighted by atomic mass is 10.1. The van der Waals surface area contributed by atoms with Crippen molar-refractivity contribution in [2.24, 2.45) is 11.2 Å². The summed E-state index contributed by atoms with van der Waals surface area (Å²) in [6.45, 7) is 8.44. The summed E-state index contributed by atoms with van der Waals surface area (Å²) in [4.78, 5) is 15.3. The molecule has 8 nitrogen and oxygen atoms in total. The molecule has 0 aromatic carbocycles. The summed E-state index contributed by atoms with van der Waals surface area (Å²) in [5, 5.41) is 17.0. The molecule has 0 aliphatic carbocycles. The van der Waals surface area contributed by atoms with E-state index in [-0.39, 0.29) is 11.2 Å². The average molecular weight is 329 g/mol. The Kier molecular flexibility index (Phi) is 6.14. The minimum atomic E-state index is 0.0453. The first-order valence-electron chi connectivity index (χ1n) is 7.35. The van der Waals surface area contributed by atoms with Gasteiger partial charge in [0.1, 0.15) is 0 Å². The van der Waals surface area contributed by atoms with E-state index < -0.39 is 0 Å². The number of nitrogens with zero attached hydrogens (tertiary/aromatic N) is 6. The van der Waals surface area contributed by atoms with Crippen LogP contribution in [0.1, 0.15) is 20.3 Å². The fourth-order valence-corrected chi connectivity index (χ4v) is 2.21. The molecule has 1 fully saturated rings. The van der Waals surface area contributed by atoms with Gasteiger partial charge in [-0.15, -0.1) is 5.01 Å². The Hall–Kier alpha value is -1.67. The van der Waals surface area contributed by atoms with Crippen LogP contribution in [0.15, 0.2) is 17.5 Å². The van der Waals surface area contributed by atoms with Crippen molar-refractivity contribution in [2.45, 2.75) is 20.3 Å². The average Bonchev–Trinajstić information content (AvgIpc) is 2.51. The van der Waals surface area contributed by atoms with Gasteiger partial charge in [0.25, 0.3) is 5.88 Å². The Bertz CT molecular complexity index is 505. The first-order chi connectivity index (χ1) is 10.5. The number of hydrogen-bond acceptors (Lipinski definition) is 6. The third-order valence-corrected chi connectivity index (χ3v) is 3.60. The van der Waals surface area contributed by atoms with E-state index in [1.807, 2.05) is 0 Å². The predicted molar refractivity (Wildman–Crippen MR) is 81.2 cm³/mol. The molecule has 1 aromatic heterocycles. The van der Waals surface area contributed by atoms with Gasteiger partial charge < -0.3 is 5.21 Å². The van der Waals surface area contributed by atoms with E-state index in [4.69, 9.17) is 16.4 Å². The highest BCUT2D eigenvalue weighted by atomic mass is 35.5. The Morgan fingerprint density at radius 3 is 2.77 bits per heavy atom. The van der Waals surface area contributed by atoms with E-state index in [2.05, 4.69) is 34.0 Å². The lowest BCUT2D eigenvalue weighted by molar-refractivity contribution is -0.709. The van der Waals surface area contributed by atoms with Crippen molar-refractivity contribution in [3.8, 4) is 5.88 Å². The van der Waals surface area contributed by atoms with Crippen LogP contribution in [0.5, 0.6) is 5.88 Å². The maximum absolute atomic E-state index is 11.9. The molecule has 2 rings (SSSR count). The van der Waals surface area contributed by atoms with Gasteiger partial charge in [0.05, 0.1) is 18.1 Å². The van der Waals surface area contributed by atoms with Gasteiger partial charge in [0.2, 0.25) is 10.6 Å². The summed E-state index contributed by atoms with van der Waals surface area (Å²) < 4.78 is 0. The highest BCUT2D eigenvalue weighted by Crippen LogP contribution is 2.10. The van der Waals surface area contributed by atoms with Gasteiger partial charge >= 0.3 is 0 Å². The SMILES string of the molecule is CC(C)CCN1CCN(/[N+]([O-])=N/Oc2ccnc(Cl)n2)CC1. The van der Waals surface area contributed by atoms with Crippen LogP contribution in [-0.2, 0) is 0 Å². The molecule has 0 amide bonds. The molecule has 0 spiro atoms. The summed E-state index contributed by atoms with van der Waals surface area (Å²) in [5.41, 5.74) is 0. The summed E-state index contributed by atoms with van der Waals surface area (Å²) >= 11 is 5.63. The molecule has 1 aromatic rings. The number of piperazine rings is 1. The Balaban J connectivity index is 1.79. The Labute approximate surface area is 134 Å². The standard InChI is InChI=1S/C13H21ClN6O2/c1-11(2)4-6-18-7-9-19(10-8-18)20(21)17-22-12-3-5-15-13(14)16-12/h3,5,11H,4,6-10H2,1-2H3/b20-17-. The smallest absolute Gasteiger partial charge is 0.259 e. The molecule has 22 heavy (non-hydrogen) atoms. The number of halogens is 1. The van der Waals surface area contributed by atoms with Crippen LogP contribution in [-0.4, -0.2) is 57.6 Å². The Morgan fingerprint density at radius 2 is 2.14 bits per heavy atom. The maximum atomic E-state index is 11.9. The van der Waals surface area contributed by atoms with E-state index in [9.17, 15) is 5.21 Å². The van der Waals surface area contributed by atoms with Crippen LogP contribution in [0.2, 0.25) is 5.28 Å². The molecule has 0 radical (unpaired) electrons. The zero-order chi connectivity index (χ0) is 15.9. The van der Waals surface area contributed by atoms with Crippen molar-refractivity contribution in [1.82, 2.24) is 19.9 Å². The van der Waals surface area contributed by atoms with E-state index >= 15 is 0 Å². The third kappa shape index (κ3) is 5.27. The zero-order valence-corrected chi connectivity index (χ0v) is 13.6. The fourth-order valence-electron chi connectivity index (χ4n) is 2.07. The molecule has 122 valence electrons. The van der Waals surface area contributed by atoms with Gasteiger partial charge in [-0.2, -0.15) is 4.98 Å². The summed E-state index contributed by atoms with van der Waals surface area (Å²) in [5.74, 6) is 0.827. The van der Waals surface area contributed by atoms with Crippen LogP contribution >= 0.6 is 11.6 Å². The molecular weight excluding hydrogens is 308 g/mol. The predicted octanol–water partition coefficient (Wildman–Crippen LogP) is 1.97. The van der Waals surface area contributed by atoms with Crippen LogP contribution in [0.25, 0.3) is 0 Å². The van der Waals surface area contributed by atoms with E-state index in [0.717, 1.165) is 19.6 Å². The fraction of sp³-hybridized carbons (Fsp3) is 0.692. The van der Waals surface area contributed by atoms with Crippen molar-refractivity contribution < 1.29 is 9.81 Å². The molecule has 0 unspecified atom stereocenters. The van der Waals surface area contributed by atoms with Crippen molar-refractivity contribution in [1.29, 1.82) is 0 Å². The van der Waals surface area contributed by atoms with Crippen LogP contribution in [0, 0.1) is 11.1 Å². The molecular formula is C13H21ClN6O2. The number of hydrogen-bond donors (Lipinski definition) is 0. The normalized spacial score (nSPS) is 17.1. The quantitative estimate of drug-likeness (QED) is 0.344. The van der Waals surface area contributed by atoms with E-state index in [1.165, 1.54) is 18.7 Å². The minimum Gasteiger partial charge on any atom is -0.569 e. The summed E-state index contributed by atoms with van der Waals surface area (Å²) in [7, 11) is 0. The van der Waals surface area contributed by atoms with Crippen molar-refractivity contribution in [3.05, 3.63) is 22.8 Å². The monoisotopic (exact) mass is 328 g/mol. The van der Waals surface area contributed by atoms with Crippen LogP contribution in [0.3, 0.4) is 0 Å². The van der Waals surface area contributed by atoms with Crippen molar-refractivity contribution >= 4 is 11.6 Å². The van der Waals surface area contributed by atoms with Gasteiger partial charge in [0.15, 0.2) is 0 Å². The topological polar surface area (TPSA) is 79.9 Å². The lowest BCUT2D eigenvalue weighted by Gasteiger charge is -2.31. The lowest BCUT2D eigenvalue weighted by Crippen LogP contribution is -2.49. The van der Waals surface area contributed by atoms with Crippen LogP contribution in [0.4, 0.5) is 0 Å². The largest absolute Gasteiger partial charge is 0.569 e. The molecule has 0 N–H and O–H groups in total. The number of hydrazine groups is 1. The maximum Gasteiger partial charge on any atom is 0.259 e. The molecule has 1 aliphatic heterocycles. The molecule has 0 bridgehead atoms. The highest BCUT2D eigenvalue weighted by Gasteiger charge is 2.22. The second kappa shape index (κ2) is 8.09. The highest BCUT2D eigenvalue weighted by molar-refractivity contribution is 6.28. The first kappa shape index (κ1) is 16.7. The molecule has 0 saturated carbocycles. The van der Waals surface area contributed by atoms with Crippen molar-refractivity contribution in [3.63, 3.8) is 0 Å². The van der Waals surface area contributed by atoms with Gasteiger partial charge in [-0.25, -0.2) is 4.98 Å². The molecule has 9 heteroatoms. The molecule has 0 atom stereocenters. The second-order valence-electron chi connectivity index (χ2n) is 5.57. The van der Waals surface area contributed by atoms with E-state index in [1.54, 1.807) is 5.01 Å². The van der Waals surface area contributed by atoms with Gasteiger partial charge in [-0.1, -0.05) is 13.8 Å². The first-order valence-corrected chi connectivity index (χ1v) is 7.73. The molecule has 2 heterocycles. The summed E-state index contributed by atoms with van der Waals surface area (Å²) in [6.07, 6.45) is 2.60. The van der Waals surface area contributed by atoms with E-state index in [0.29, 0.717) is 24.0 Å². The second-order valence-corrected chi connectivity index (χ2v) is 5.91. The number of aromatic nitrogens is 2. The van der Waals surface area contributed by atoms with Gasteiger partial charge in [-0.3, -0.25) is 9.74 Å². The minimum absolute atomic E-state index is 0.0453. The summed E-state index contributed by atoms with van der Waals surface area (Å²) in [6, 6.07) is 1.48.